The number of furan rings is 1. The molecule has 10 heteroatoms. The Kier molecular flexibility index (Phi) is 6.97. The number of piperazine rings is 1. The number of ether oxygens (including phenoxy) is 1. The Labute approximate surface area is 197 Å². The van der Waals surface area contributed by atoms with Gasteiger partial charge in [0.1, 0.15) is 18.1 Å². The van der Waals surface area contributed by atoms with Crippen LogP contribution >= 0.6 is 0 Å². The standard InChI is InChI=1S/C24H29N5O5/c1-4-28-15-19(18(3)25-28)14-26-9-11-27(12-10-26)24(30)23-8-6-21(34-23)16-33-20-5-7-22(29(31)32)17(2)13-20/h5-8,13,15H,4,9-12,14,16H2,1-3H3. The second-order valence-corrected chi connectivity index (χ2v) is 8.42. The highest BCUT2D eigenvalue weighted by molar-refractivity contribution is 5.91. The van der Waals surface area contributed by atoms with Gasteiger partial charge in [-0.15, -0.1) is 0 Å². The van der Waals surface area contributed by atoms with E-state index in [-0.39, 0.29) is 24.0 Å². The average molecular weight is 468 g/mol. The molecule has 0 spiro atoms. The highest BCUT2D eigenvalue weighted by Crippen LogP contribution is 2.24. The third-order valence-corrected chi connectivity index (χ3v) is 6.04. The molecule has 180 valence electrons. The zero-order valence-electron chi connectivity index (χ0n) is 19.7. The molecular formula is C24H29N5O5. The largest absolute Gasteiger partial charge is 0.486 e. The maximum atomic E-state index is 12.9. The van der Waals surface area contributed by atoms with Crippen LogP contribution in [0.15, 0.2) is 40.9 Å². The van der Waals surface area contributed by atoms with Crippen LogP contribution in [0, 0.1) is 24.0 Å². The molecule has 0 saturated carbocycles. The molecule has 1 aliphatic rings. The second-order valence-electron chi connectivity index (χ2n) is 8.42. The van der Waals surface area contributed by atoms with Crippen LogP contribution in [0.4, 0.5) is 5.69 Å². The van der Waals surface area contributed by atoms with Gasteiger partial charge in [0, 0.05) is 62.7 Å². The van der Waals surface area contributed by atoms with Gasteiger partial charge in [-0.3, -0.25) is 24.5 Å². The fraction of sp³-hybridized carbons (Fsp3) is 0.417. The van der Waals surface area contributed by atoms with E-state index < -0.39 is 4.92 Å². The maximum Gasteiger partial charge on any atom is 0.289 e. The zero-order chi connectivity index (χ0) is 24.2. The number of benzene rings is 1. The van der Waals surface area contributed by atoms with Crippen molar-refractivity contribution in [3.63, 3.8) is 0 Å². The van der Waals surface area contributed by atoms with E-state index in [2.05, 4.69) is 23.1 Å². The highest BCUT2D eigenvalue weighted by atomic mass is 16.6. The third-order valence-electron chi connectivity index (χ3n) is 6.04. The summed E-state index contributed by atoms with van der Waals surface area (Å²) in [6.07, 6.45) is 2.09. The molecule has 0 unspecified atom stereocenters. The molecule has 34 heavy (non-hydrogen) atoms. The van der Waals surface area contributed by atoms with Gasteiger partial charge >= 0.3 is 0 Å². The molecular weight excluding hydrogens is 438 g/mol. The quantitative estimate of drug-likeness (QED) is 0.368. The molecule has 3 heterocycles. The summed E-state index contributed by atoms with van der Waals surface area (Å²) >= 11 is 0. The molecule has 2 aromatic heterocycles. The molecule has 1 saturated heterocycles. The Bertz CT molecular complexity index is 1180. The van der Waals surface area contributed by atoms with E-state index in [1.54, 1.807) is 31.2 Å². The van der Waals surface area contributed by atoms with Gasteiger partial charge in [0.05, 0.1) is 10.6 Å². The Balaban J connectivity index is 1.28. The summed E-state index contributed by atoms with van der Waals surface area (Å²) in [6, 6.07) is 7.96. The molecule has 0 radical (unpaired) electrons. The normalized spacial score (nSPS) is 14.4. The number of hydrogen-bond acceptors (Lipinski definition) is 7. The van der Waals surface area contributed by atoms with Crippen molar-refractivity contribution < 1.29 is 18.9 Å². The summed E-state index contributed by atoms with van der Waals surface area (Å²) in [6.45, 7) is 10.4. The minimum Gasteiger partial charge on any atom is -0.486 e. The summed E-state index contributed by atoms with van der Waals surface area (Å²) in [5.74, 6) is 1.17. The van der Waals surface area contributed by atoms with Crippen molar-refractivity contribution in [3.8, 4) is 5.75 Å². The highest BCUT2D eigenvalue weighted by Gasteiger charge is 2.25. The predicted molar refractivity (Wildman–Crippen MR) is 125 cm³/mol. The van der Waals surface area contributed by atoms with Crippen LogP contribution in [0.3, 0.4) is 0 Å². The molecule has 10 nitrogen and oxygen atoms in total. The van der Waals surface area contributed by atoms with Crippen LogP contribution in [-0.2, 0) is 19.7 Å². The molecule has 0 N–H and O–H groups in total. The molecule has 4 rings (SSSR count). The van der Waals surface area contributed by atoms with Gasteiger partial charge in [-0.2, -0.15) is 5.10 Å². The fourth-order valence-electron chi connectivity index (χ4n) is 4.03. The van der Waals surface area contributed by atoms with Crippen LogP contribution in [0.2, 0.25) is 0 Å². The van der Waals surface area contributed by atoms with Crippen molar-refractivity contribution in [2.45, 2.75) is 40.5 Å². The number of carbonyl (C=O) groups excluding carboxylic acids is 1. The first-order chi connectivity index (χ1) is 16.3. The van der Waals surface area contributed by atoms with Gasteiger partial charge in [-0.05, 0) is 45.0 Å². The molecule has 1 amide bonds. The molecule has 0 atom stereocenters. The van der Waals surface area contributed by atoms with E-state index >= 15 is 0 Å². The van der Waals surface area contributed by atoms with E-state index in [1.165, 1.54) is 11.6 Å². The summed E-state index contributed by atoms with van der Waals surface area (Å²) in [4.78, 5) is 27.5. The number of aromatic nitrogens is 2. The Morgan fingerprint density at radius 1 is 1.18 bits per heavy atom. The van der Waals surface area contributed by atoms with Gasteiger partial charge in [-0.25, -0.2) is 0 Å². The molecule has 1 aliphatic heterocycles. The Morgan fingerprint density at radius 2 is 1.94 bits per heavy atom. The van der Waals surface area contributed by atoms with Gasteiger partial charge in [0.2, 0.25) is 0 Å². The van der Waals surface area contributed by atoms with Crippen molar-refractivity contribution in [2.75, 3.05) is 26.2 Å². The lowest BCUT2D eigenvalue weighted by Crippen LogP contribution is -2.48. The van der Waals surface area contributed by atoms with E-state index in [0.29, 0.717) is 30.2 Å². The van der Waals surface area contributed by atoms with Crippen LogP contribution in [0.25, 0.3) is 0 Å². The SMILES string of the molecule is CCn1cc(CN2CCN(C(=O)c3ccc(COc4ccc([N+](=O)[O-])c(C)c4)o3)CC2)c(C)n1. The molecule has 1 aromatic carbocycles. The first-order valence-electron chi connectivity index (χ1n) is 11.3. The van der Waals surface area contributed by atoms with Crippen molar-refractivity contribution in [3.05, 3.63) is 75.0 Å². The smallest absolute Gasteiger partial charge is 0.289 e. The summed E-state index contributed by atoms with van der Waals surface area (Å²) in [5, 5.41) is 15.4. The third kappa shape index (κ3) is 5.28. The predicted octanol–water partition coefficient (Wildman–Crippen LogP) is 3.56. The van der Waals surface area contributed by atoms with Crippen molar-refractivity contribution >= 4 is 11.6 Å². The van der Waals surface area contributed by atoms with Gasteiger partial charge < -0.3 is 14.1 Å². The summed E-state index contributed by atoms with van der Waals surface area (Å²) < 4.78 is 13.3. The Hall–Kier alpha value is -3.66. The lowest BCUT2D eigenvalue weighted by atomic mass is 10.2. The topological polar surface area (TPSA) is 107 Å². The van der Waals surface area contributed by atoms with Crippen LogP contribution in [0.5, 0.6) is 5.75 Å². The minimum absolute atomic E-state index is 0.0458. The number of carbonyl (C=O) groups is 1. The molecule has 0 bridgehead atoms. The summed E-state index contributed by atoms with van der Waals surface area (Å²) in [7, 11) is 0. The van der Waals surface area contributed by atoms with E-state index in [4.69, 9.17) is 9.15 Å². The number of nitro groups is 1. The van der Waals surface area contributed by atoms with Crippen LogP contribution in [0.1, 0.15) is 40.1 Å². The van der Waals surface area contributed by atoms with E-state index in [0.717, 1.165) is 31.9 Å². The molecule has 3 aromatic rings. The van der Waals surface area contributed by atoms with E-state index in [9.17, 15) is 14.9 Å². The molecule has 1 fully saturated rings. The number of nitrogens with zero attached hydrogens (tertiary/aromatic N) is 5. The number of rotatable bonds is 8. The number of nitro benzene ring substituents is 1. The minimum atomic E-state index is -0.426. The first kappa shape index (κ1) is 23.5. The number of hydrogen-bond donors (Lipinski definition) is 0. The van der Waals surface area contributed by atoms with E-state index in [1.807, 2.05) is 16.5 Å². The molecule has 0 aliphatic carbocycles. The van der Waals surface area contributed by atoms with Crippen LogP contribution in [-0.4, -0.2) is 56.6 Å². The fourth-order valence-corrected chi connectivity index (χ4v) is 4.03. The van der Waals surface area contributed by atoms with Crippen molar-refractivity contribution in [1.82, 2.24) is 19.6 Å². The zero-order valence-corrected chi connectivity index (χ0v) is 19.7. The lowest BCUT2D eigenvalue weighted by Gasteiger charge is -2.34. The second kappa shape index (κ2) is 10.1. The van der Waals surface area contributed by atoms with Crippen molar-refractivity contribution in [2.24, 2.45) is 0 Å². The average Bonchev–Trinajstić information content (AvgIpc) is 3.44. The lowest BCUT2D eigenvalue weighted by molar-refractivity contribution is -0.385. The van der Waals surface area contributed by atoms with Gasteiger partial charge in [0.25, 0.3) is 11.6 Å². The summed E-state index contributed by atoms with van der Waals surface area (Å²) in [5.41, 5.74) is 2.84. The van der Waals surface area contributed by atoms with Crippen LogP contribution < -0.4 is 4.74 Å². The van der Waals surface area contributed by atoms with Gasteiger partial charge in [0.15, 0.2) is 5.76 Å². The van der Waals surface area contributed by atoms with Crippen molar-refractivity contribution in [1.29, 1.82) is 0 Å². The monoisotopic (exact) mass is 467 g/mol. The Morgan fingerprint density at radius 3 is 2.59 bits per heavy atom. The number of aryl methyl sites for hydroxylation is 3. The number of amides is 1. The maximum absolute atomic E-state index is 12.9. The first-order valence-corrected chi connectivity index (χ1v) is 11.3. The van der Waals surface area contributed by atoms with Gasteiger partial charge in [-0.1, -0.05) is 0 Å².